The van der Waals surface area contributed by atoms with Crippen LogP contribution in [0.25, 0.3) is 10.9 Å². The number of fused-ring (bicyclic) bond motifs is 1. The van der Waals surface area contributed by atoms with Crippen molar-refractivity contribution in [2.45, 2.75) is 38.0 Å². The Morgan fingerprint density at radius 2 is 1.85 bits per heavy atom. The van der Waals surface area contributed by atoms with E-state index in [4.69, 9.17) is 9.72 Å². The number of nitrogens with zero attached hydrogens (tertiary/aromatic N) is 6. The fourth-order valence-electron chi connectivity index (χ4n) is 4.57. The lowest BCUT2D eigenvalue weighted by molar-refractivity contribution is -0.385. The molecule has 2 aromatic heterocycles. The molecule has 1 saturated carbocycles. The fraction of sp³-hybridized carbons (Fsp3) is 0.231. The minimum Gasteiger partial charge on any atom is -0.431 e. The highest BCUT2D eigenvalue weighted by molar-refractivity contribution is 9.10. The first kappa shape index (κ1) is 26.1. The molecule has 13 heteroatoms. The van der Waals surface area contributed by atoms with Gasteiger partial charge in [-0.3, -0.25) is 25.0 Å². The predicted octanol–water partition coefficient (Wildman–Crippen LogP) is 6.09. The van der Waals surface area contributed by atoms with E-state index >= 15 is 0 Å². The highest BCUT2D eigenvalue weighted by atomic mass is 79.9. The van der Waals surface area contributed by atoms with E-state index in [-0.39, 0.29) is 40.0 Å². The van der Waals surface area contributed by atoms with Gasteiger partial charge in [-0.25, -0.2) is 9.97 Å². The maximum Gasteiger partial charge on any atom is 0.312 e. The van der Waals surface area contributed by atoms with Crippen LogP contribution >= 0.6 is 15.9 Å². The van der Waals surface area contributed by atoms with Gasteiger partial charge in [0.15, 0.2) is 0 Å². The molecule has 0 amide bonds. The quantitative estimate of drug-likeness (QED) is 0.142. The van der Waals surface area contributed by atoms with Gasteiger partial charge in [-0.2, -0.15) is 9.78 Å². The second kappa shape index (κ2) is 11.1. The smallest absolute Gasteiger partial charge is 0.312 e. The van der Waals surface area contributed by atoms with Gasteiger partial charge in [-0.05, 0) is 37.1 Å². The van der Waals surface area contributed by atoms with E-state index in [0.29, 0.717) is 16.7 Å². The Morgan fingerprint density at radius 1 is 1.05 bits per heavy atom. The number of aromatic nitrogens is 3. The van der Waals surface area contributed by atoms with E-state index < -0.39 is 9.85 Å². The van der Waals surface area contributed by atoms with Crippen LogP contribution in [0, 0.1) is 20.2 Å². The average molecular weight is 593 g/mol. The standard InChI is InChI=1S/C26H21BrN6O6/c27-18-9-11-21-20(13-18)26(34)31(25(30-21)16-5-2-1-3-6-16)29-14-17-7-4-8-22(33(37)38)24(17)39-23-12-10-19(15-28-23)32(35)36/h4,7-16H,1-3,5-6H2. The SMILES string of the molecule is O=c1c2cc(Br)ccc2nc(C2CCCCC2)n1N=Cc1cccc([N+](=O)[O-])c1Oc1ccc([N+](=O)[O-])cn1. The first-order valence-corrected chi connectivity index (χ1v) is 12.9. The van der Waals surface area contributed by atoms with Crippen molar-refractivity contribution in [1.29, 1.82) is 0 Å². The minimum absolute atomic E-state index is 0.0433. The molecular weight excluding hydrogens is 572 g/mol. The molecule has 1 aliphatic carbocycles. The number of pyridine rings is 1. The lowest BCUT2D eigenvalue weighted by Crippen LogP contribution is -2.25. The van der Waals surface area contributed by atoms with Gasteiger partial charge >= 0.3 is 5.69 Å². The number of hydrogen-bond donors (Lipinski definition) is 0. The summed E-state index contributed by atoms with van der Waals surface area (Å²) in [5.41, 5.74) is -0.196. The summed E-state index contributed by atoms with van der Waals surface area (Å²) in [6.07, 6.45) is 7.22. The molecule has 4 aromatic rings. The van der Waals surface area contributed by atoms with E-state index in [1.807, 2.05) is 6.07 Å². The Balaban J connectivity index is 1.61. The highest BCUT2D eigenvalue weighted by Crippen LogP contribution is 2.35. The van der Waals surface area contributed by atoms with Crippen LogP contribution in [0.4, 0.5) is 11.4 Å². The molecule has 2 aromatic carbocycles. The largest absolute Gasteiger partial charge is 0.431 e. The summed E-state index contributed by atoms with van der Waals surface area (Å²) in [6, 6.07) is 12.0. The lowest BCUT2D eigenvalue weighted by Gasteiger charge is -2.22. The molecule has 0 aliphatic heterocycles. The number of nitro benzene ring substituents is 1. The van der Waals surface area contributed by atoms with Crippen LogP contribution in [0.5, 0.6) is 11.6 Å². The van der Waals surface area contributed by atoms with Crippen molar-refractivity contribution < 1.29 is 14.6 Å². The third kappa shape index (κ3) is 5.53. The van der Waals surface area contributed by atoms with Gasteiger partial charge < -0.3 is 4.74 Å². The van der Waals surface area contributed by atoms with Crippen molar-refractivity contribution in [3.05, 3.63) is 101 Å². The summed E-state index contributed by atoms with van der Waals surface area (Å²) in [7, 11) is 0. The van der Waals surface area contributed by atoms with Gasteiger partial charge in [0.1, 0.15) is 12.0 Å². The zero-order valence-electron chi connectivity index (χ0n) is 20.4. The third-order valence-electron chi connectivity index (χ3n) is 6.48. The van der Waals surface area contributed by atoms with Gasteiger partial charge in [0, 0.05) is 34.2 Å². The molecule has 39 heavy (non-hydrogen) atoms. The number of nitro groups is 2. The normalized spacial score (nSPS) is 14.1. The summed E-state index contributed by atoms with van der Waals surface area (Å²) < 4.78 is 7.70. The second-order valence-electron chi connectivity index (χ2n) is 8.99. The summed E-state index contributed by atoms with van der Waals surface area (Å²) in [6.45, 7) is 0. The Labute approximate surface area is 229 Å². The molecule has 5 rings (SSSR count). The number of para-hydroxylation sites is 1. The number of halogens is 1. The van der Waals surface area contributed by atoms with Gasteiger partial charge in [0.05, 0.1) is 27.0 Å². The van der Waals surface area contributed by atoms with Crippen LogP contribution in [0.3, 0.4) is 0 Å². The summed E-state index contributed by atoms with van der Waals surface area (Å²) >= 11 is 3.40. The molecule has 1 aliphatic rings. The molecule has 0 radical (unpaired) electrons. The van der Waals surface area contributed by atoms with Crippen molar-refractivity contribution >= 4 is 44.4 Å². The topological polar surface area (TPSA) is 156 Å². The monoisotopic (exact) mass is 592 g/mol. The first-order valence-electron chi connectivity index (χ1n) is 12.1. The summed E-state index contributed by atoms with van der Waals surface area (Å²) in [4.78, 5) is 43.8. The van der Waals surface area contributed by atoms with Crippen molar-refractivity contribution in [3.63, 3.8) is 0 Å². The number of benzene rings is 2. The van der Waals surface area contributed by atoms with Gasteiger partial charge in [0.25, 0.3) is 11.2 Å². The van der Waals surface area contributed by atoms with E-state index in [2.05, 4.69) is 26.0 Å². The maximum atomic E-state index is 13.6. The average Bonchev–Trinajstić information content (AvgIpc) is 2.94. The minimum atomic E-state index is -0.618. The second-order valence-corrected chi connectivity index (χ2v) is 9.91. The van der Waals surface area contributed by atoms with Crippen molar-refractivity contribution in [2.75, 3.05) is 0 Å². The van der Waals surface area contributed by atoms with Crippen LogP contribution in [-0.2, 0) is 0 Å². The van der Waals surface area contributed by atoms with Crippen LogP contribution in [0.1, 0.15) is 49.4 Å². The predicted molar refractivity (Wildman–Crippen MR) is 147 cm³/mol. The van der Waals surface area contributed by atoms with Crippen molar-refractivity contribution in [3.8, 4) is 11.6 Å². The molecule has 0 N–H and O–H groups in total. The van der Waals surface area contributed by atoms with E-state index in [1.165, 1.54) is 35.2 Å². The Morgan fingerprint density at radius 3 is 2.54 bits per heavy atom. The van der Waals surface area contributed by atoms with E-state index in [1.54, 1.807) is 18.2 Å². The van der Waals surface area contributed by atoms with Crippen molar-refractivity contribution in [1.82, 2.24) is 14.6 Å². The highest BCUT2D eigenvalue weighted by Gasteiger charge is 2.24. The first-order chi connectivity index (χ1) is 18.8. The van der Waals surface area contributed by atoms with Gasteiger partial charge in [-0.15, -0.1) is 0 Å². The third-order valence-corrected chi connectivity index (χ3v) is 6.97. The Hall–Kier alpha value is -4.52. The maximum absolute atomic E-state index is 13.6. The zero-order valence-corrected chi connectivity index (χ0v) is 22.0. The molecule has 0 bridgehead atoms. The van der Waals surface area contributed by atoms with Gasteiger partial charge in [-0.1, -0.05) is 41.3 Å². The number of rotatable bonds is 7. The van der Waals surface area contributed by atoms with Crippen LogP contribution < -0.4 is 10.3 Å². The molecule has 198 valence electrons. The number of hydrogen-bond acceptors (Lipinski definition) is 9. The molecule has 1 fully saturated rings. The van der Waals surface area contributed by atoms with E-state index in [0.717, 1.165) is 42.8 Å². The summed E-state index contributed by atoms with van der Waals surface area (Å²) in [5, 5.41) is 27.6. The molecule has 12 nitrogen and oxygen atoms in total. The fourth-order valence-corrected chi connectivity index (χ4v) is 4.93. The molecule has 0 atom stereocenters. The zero-order chi connectivity index (χ0) is 27.5. The summed E-state index contributed by atoms with van der Waals surface area (Å²) in [5.74, 6) is 0.329. The molecule has 2 heterocycles. The molecule has 0 unspecified atom stereocenters. The Kier molecular flexibility index (Phi) is 7.41. The van der Waals surface area contributed by atoms with Crippen LogP contribution in [0.15, 0.2) is 69.1 Å². The molecule has 0 saturated heterocycles. The van der Waals surface area contributed by atoms with Crippen LogP contribution in [-0.4, -0.2) is 30.7 Å². The Bertz CT molecular complexity index is 1660. The van der Waals surface area contributed by atoms with Crippen LogP contribution in [0.2, 0.25) is 0 Å². The number of ether oxygens (including phenoxy) is 1. The lowest BCUT2D eigenvalue weighted by atomic mass is 9.88. The van der Waals surface area contributed by atoms with E-state index in [9.17, 15) is 25.0 Å². The molecule has 0 spiro atoms. The molecular formula is C26H21BrN6O6. The van der Waals surface area contributed by atoms with Gasteiger partial charge in [0.2, 0.25) is 11.6 Å². The van der Waals surface area contributed by atoms with Crippen molar-refractivity contribution in [2.24, 2.45) is 5.10 Å².